The molecule has 0 heterocycles. The molecule has 2 unspecified atom stereocenters. The minimum absolute atomic E-state index is 0.0215. The fourth-order valence-electron chi connectivity index (χ4n) is 6.73. The van der Waals surface area contributed by atoms with E-state index in [2.05, 4.69) is 98.9 Å². The standard InChI is InChI=1S/C54H91NO7/c1-6-8-10-12-14-16-18-20-22-24-25-26-27-28-29-31-33-35-37-39-41-43-45-53(57)62-50(48-60-47-46-51(54(58)59)55(3,4)5)49-61-52(56)44-42-40-38-36-34-32-30-23-21-19-17-15-13-11-9-7-2/h8,10,14,16,20,22-23,25-26,28-30,32,34,50-51H,6-7,9,11-13,15,17-19,21,24,27,31,33,35-49H2,1-5H3/b10-8+,16-14+,22-20+,26-25+,29-28+,30-23+,34-32+. The average molecular weight is 866 g/mol. The summed E-state index contributed by atoms with van der Waals surface area (Å²) in [5.74, 6) is -1.80. The molecule has 0 bridgehead atoms. The summed E-state index contributed by atoms with van der Waals surface area (Å²) in [6.07, 6.45) is 57.5. The van der Waals surface area contributed by atoms with Crippen LogP contribution < -0.4 is 5.11 Å². The van der Waals surface area contributed by atoms with Crippen LogP contribution in [-0.4, -0.2) is 75.5 Å². The van der Waals surface area contributed by atoms with Crippen molar-refractivity contribution in [2.24, 2.45) is 0 Å². The number of carboxylic acids is 1. The molecule has 8 heteroatoms. The van der Waals surface area contributed by atoms with Crippen LogP contribution in [0.2, 0.25) is 0 Å². The molecule has 0 saturated heterocycles. The number of allylic oxidation sites excluding steroid dienone is 14. The Morgan fingerprint density at radius 2 is 0.952 bits per heavy atom. The van der Waals surface area contributed by atoms with Crippen LogP contribution in [0.4, 0.5) is 0 Å². The van der Waals surface area contributed by atoms with E-state index in [1.807, 2.05) is 0 Å². The molecule has 0 aliphatic heterocycles. The number of carboxylic acid groups (broad SMARTS) is 1. The van der Waals surface area contributed by atoms with Crippen molar-refractivity contribution in [3.05, 3.63) is 85.1 Å². The third-order valence-electron chi connectivity index (χ3n) is 10.5. The van der Waals surface area contributed by atoms with E-state index in [9.17, 15) is 19.5 Å². The van der Waals surface area contributed by atoms with Gasteiger partial charge in [0.1, 0.15) is 12.6 Å². The highest BCUT2D eigenvalue weighted by atomic mass is 16.6. The van der Waals surface area contributed by atoms with E-state index in [4.69, 9.17) is 14.2 Å². The number of aliphatic carboxylic acids is 1. The molecule has 0 aliphatic carbocycles. The summed E-state index contributed by atoms with van der Waals surface area (Å²) in [4.78, 5) is 37.0. The van der Waals surface area contributed by atoms with Crippen molar-refractivity contribution in [3.8, 4) is 0 Å². The number of unbranched alkanes of at least 4 members (excludes halogenated alkanes) is 16. The lowest BCUT2D eigenvalue weighted by Crippen LogP contribution is -2.55. The van der Waals surface area contributed by atoms with Crippen LogP contribution in [0.15, 0.2) is 85.1 Å². The van der Waals surface area contributed by atoms with Gasteiger partial charge in [-0.25, -0.2) is 0 Å². The highest BCUT2D eigenvalue weighted by molar-refractivity contribution is 5.70. The molecule has 62 heavy (non-hydrogen) atoms. The highest BCUT2D eigenvalue weighted by Gasteiger charge is 2.25. The van der Waals surface area contributed by atoms with Crippen molar-refractivity contribution in [2.45, 2.75) is 199 Å². The molecule has 0 amide bonds. The zero-order chi connectivity index (χ0) is 45.6. The number of rotatable bonds is 43. The molecule has 2 atom stereocenters. The minimum Gasteiger partial charge on any atom is -0.544 e. The van der Waals surface area contributed by atoms with Crippen LogP contribution in [0.25, 0.3) is 0 Å². The number of likely N-dealkylation sites (N-methyl/N-ethyl adjacent to an activating group) is 1. The molecule has 0 radical (unpaired) electrons. The van der Waals surface area contributed by atoms with E-state index in [0.29, 0.717) is 12.8 Å². The number of esters is 2. The van der Waals surface area contributed by atoms with Crippen molar-refractivity contribution < 1.29 is 38.2 Å². The van der Waals surface area contributed by atoms with E-state index >= 15 is 0 Å². The molecule has 0 fully saturated rings. The van der Waals surface area contributed by atoms with E-state index in [-0.39, 0.29) is 42.7 Å². The van der Waals surface area contributed by atoms with Gasteiger partial charge in [-0.05, 0) is 83.5 Å². The Balaban J connectivity index is 4.37. The Kier molecular flexibility index (Phi) is 41.6. The van der Waals surface area contributed by atoms with E-state index < -0.39 is 18.1 Å². The lowest BCUT2D eigenvalue weighted by atomic mass is 10.1. The second-order valence-electron chi connectivity index (χ2n) is 17.3. The molecular formula is C54H91NO7. The molecule has 354 valence electrons. The highest BCUT2D eigenvalue weighted by Crippen LogP contribution is 2.13. The summed E-state index contributed by atoms with van der Waals surface area (Å²) >= 11 is 0. The van der Waals surface area contributed by atoms with Crippen LogP contribution in [-0.2, 0) is 28.6 Å². The number of ether oxygens (including phenoxy) is 3. The molecule has 0 aromatic carbocycles. The lowest BCUT2D eigenvalue weighted by molar-refractivity contribution is -0.889. The normalized spacial score (nSPS) is 13.6. The van der Waals surface area contributed by atoms with Crippen molar-refractivity contribution in [1.29, 1.82) is 0 Å². The quantitative estimate of drug-likeness (QED) is 0.0198. The van der Waals surface area contributed by atoms with E-state index in [1.165, 1.54) is 57.8 Å². The Morgan fingerprint density at radius 1 is 0.516 bits per heavy atom. The summed E-state index contributed by atoms with van der Waals surface area (Å²) in [7, 11) is 5.39. The maximum atomic E-state index is 12.8. The van der Waals surface area contributed by atoms with Gasteiger partial charge in [-0.2, -0.15) is 0 Å². The monoisotopic (exact) mass is 866 g/mol. The Labute approximate surface area is 380 Å². The molecule has 0 rings (SSSR count). The largest absolute Gasteiger partial charge is 0.544 e. The zero-order valence-corrected chi connectivity index (χ0v) is 40.3. The topological polar surface area (TPSA) is 102 Å². The number of hydrogen-bond acceptors (Lipinski definition) is 7. The fourth-order valence-corrected chi connectivity index (χ4v) is 6.73. The Morgan fingerprint density at radius 3 is 1.45 bits per heavy atom. The Hall–Kier alpha value is -3.49. The van der Waals surface area contributed by atoms with Crippen LogP contribution in [0.5, 0.6) is 0 Å². The first kappa shape index (κ1) is 58.5. The minimum atomic E-state index is -1.13. The van der Waals surface area contributed by atoms with Crippen LogP contribution in [0, 0.1) is 0 Å². The molecule has 0 spiro atoms. The average Bonchev–Trinajstić information content (AvgIpc) is 3.23. The summed E-state index contributed by atoms with van der Waals surface area (Å²) in [6, 6.07) is -0.737. The summed E-state index contributed by atoms with van der Waals surface area (Å²) in [5, 5.41) is 11.7. The van der Waals surface area contributed by atoms with Gasteiger partial charge in [-0.15, -0.1) is 0 Å². The first-order valence-electron chi connectivity index (χ1n) is 24.6. The van der Waals surface area contributed by atoms with Gasteiger partial charge in [0.15, 0.2) is 6.10 Å². The van der Waals surface area contributed by atoms with Crippen molar-refractivity contribution in [1.82, 2.24) is 0 Å². The van der Waals surface area contributed by atoms with Crippen LogP contribution in [0.3, 0.4) is 0 Å². The predicted octanol–water partition coefficient (Wildman–Crippen LogP) is 12.7. The first-order chi connectivity index (χ1) is 30.1. The molecule has 0 aromatic heterocycles. The van der Waals surface area contributed by atoms with Gasteiger partial charge >= 0.3 is 11.9 Å². The number of hydrogen-bond donors (Lipinski definition) is 0. The van der Waals surface area contributed by atoms with Gasteiger partial charge in [0.25, 0.3) is 0 Å². The zero-order valence-electron chi connectivity index (χ0n) is 40.3. The SMILES string of the molecule is CC/C=C/C/C=C/C/C=C/C/C=C/C/C=C/CCCCCCCCC(=O)OC(COCCC(C(=O)[O-])[N+](C)(C)C)COC(=O)CCCCC/C=C/C=C/CCCCCCCCC. The van der Waals surface area contributed by atoms with Crippen molar-refractivity contribution in [2.75, 3.05) is 41.0 Å². The second-order valence-corrected chi connectivity index (χ2v) is 17.3. The summed E-state index contributed by atoms with van der Waals surface area (Å²) in [6.45, 7) is 4.49. The van der Waals surface area contributed by atoms with E-state index in [1.54, 1.807) is 21.1 Å². The third-order valence-corrected chi connectivity index (χ3v) is 10.5. The number of nitrogens with zero attached hydrogens (tertiary/aromatic N) is 1. The predicted molar refractivity (Wildman–Crippen MR) is 258 cm³/mol. The van der Waals surface area contributed by atoms with Gasteiger partial charge in [-0.3, -0.25) is 9.59 Å². The molecular weight excluding hydrogens is 775 g/mol. The molecule has 0 aromatic rings. The summed E-state index contributed by atoms with van der Waals surface area (Å²) in [5.41, 5.74) is 0. The van der Waals surface area contributed by atoms with Gasteiger partial charge in [0.2, 0.25) is 0 Å². The third kappa shape index (κ3) is 41.8. The maximum Gasteiger partial charge on any atom is 0.306 e. The molecule has 8 nitrogen and oxygen atoms in total. The van der Waals surface area contributed by atoms with Gasteiger partial charge in [-0.1, -0.05) is 170 Å². The molecule has 0 aliphatic rings. The lowest BCUT2D eigenvalue weighted by Gasteiger charge is -2.34. The fraction of sp³-hybridized carbons (Fsp3) is 0.685. The van der Waals surface area contributed by atoms with Crippen molar-refractivity contribution in [3.63, 3.8) is 0 Å². The van der Waals surface area contributed by atoms with E-state index in [0.717, 1.165) is 96.3 Å². The number of quaternary nitrogens is 1. The van der Waals surface area contributed by atoms with Crippen molar-refractivity contribution >= 4 is 17.9 Å². The van der Waals surface area contributed by atoms with Crippen LogP contribution in [0.1, 0.15) is 187 Å². The number of carbonyl (C=O) groups is 3. The smallest absolute Gasteiger partial charge is 0.306 e. The number of carbonyl (C=O) groups excluding carboxylic acids is 3. The first-order valence-corrected chi connectivity index (χ1v) is 24.6. The van der Waals surface area contributed by atoms with Gasteiger partial charge < -0.3 is 28.6 Å². The van der Waals surface area contributed by atoms with Gasteiger partial charge in [0, 0.05) is 19.3 Å². The van der Waals surface area contributed by atoms with Crippen LogP contribution >= 0.6 is 0 Å². The maximum absolute atomic E-state index is 12.8. The van der Waals surface area contributed by atoms with Gasteiger partial charge in [0.05, 0.1) is 40.3 Å². The Bertz CT molecular complexity index is 1290. The molecule has 0 saturated carbocycles. The summed E-state index contributed by atoms with van der Waals surface area (Å²) < 4.78 is 17.2. The molecule has 0 N–H and O–H groups in total. The second kappa shape index (κ2) is 44.1.